The average Bonchev–Trinajstić information content (AvgIpc) is 2.46. The van der Waals surface area contributed by atoms with Gasteiger partial charge < -0.3 is 10.2 Å². The fraction of sp³-hybridized carbons (Fsp3) is 0.357. The summed E-state index contributed by atoms with van der Waals surface area (Å²) >= 11 is 0. The lowest BCUT2D eigenvalue weighted by molar-refractivity contribution is 0.749. The van der Waals surface area contributed by atoms with Crippen LogP contribution in [0.5, 0.6) is 0 Å². The van der Waals surface area contributed by atoms with Gasteiger partial charge in [0.2, 0.25) is 0 Å². The highest BCUT2D eigenvalue weighted by Gasteiger charge is 2.05. The molecule has 1 N–H and O–H groups in total. The van der Waals surface area contributed by atoms with Crippen molar-refractivity contribution >= 4 is 5.82 Å². The summed E-state index contributed by atoms with van der Waals surface area (Å²) in [5.74, 6) is 1.78. The largest absolute Gasteiger partial charge is 0.354 e. The van der Waals surface area contributed by atoms with Crippen LogP contribution in [0, 0.1) is 0 Å². The van der Waals surface area contributed by atoms with Gasteiger partial charge in [-0.3, -0.25) is 4.98 Å². The standard InChI is InChI=1S/C14H19N5/c1-15-9-6-13-17-10-7-14(18-13)19(2)11-12-5-3-4-8-16-12/h3-5,7-8,10,15H,6,9,11H2,1-2H3. The zero-order valence-electron chi connectivity index (χ0n) is 11.4. The highest BCUT2D eigenvalue weighted by atomic mass is 15.2. The number of nitrogens with zero attached hydrogens (tertiary/aromatic N) is 4. The highest BCUT2D eigenvalue weighted by molar-refractivity contribution is 5.36. The van der Waals surface area contributed by atoms with Gasteiger partial charge in [0, 0.05) is 32.4 Å². The molecular weight excluding hydrogens is 238 g/mol. The minimum atomic E-state index is 0.739. The van der Waals surface area contributed by atoms with E-state index in [2.05, 4.69) is 25.2 Å². The topological polar surface area (TPSA) is 53.9 Å². The van der Waals surface area contributed by atoms with E-state index in [0.717, 1.165) is 36.8 Å². The van der Waals surface area contributed by atoms with E-state index in [1.807, 2.05) is 50.8 Å². The van der Waals surface area contributed by atoms with Crippen molar-refractivity contribution < 1.29 is 0 Å². The summed E-state index contributed by atoms with van der Waals surface area (Å²) in [4.78, 5) is 15.2. The molecule has 0 unspecified atom stereocenters. The molecule has 0 amide bonds. The molecule has 5 nitrogen and oxygen atoms in total. The van der Waals surface area contributed by atoms with Gasteiger partial charge in [-0.15, -0.1) is 0 Å². The number of pyridine rings is 1. The summed E-state index contributed by atoms with van der Waals surface area (Å²) in [5.41, 5.74) is 1.03. The smallest absolute Gasteiger partial charge is 0.132 e. The van der Waals surface area contributed by atoms with E-state index in [0.29, 0.717) is 0 Å². The number of nitrogens with one attached hydrogen (secondary N) is 1. The van der Waals surface area contributed by atoms with E-state index in [9.17, 15) is 0 Å². The molecule has 0 radical (unpaired) electrons. The van der Waals surface area contributed by atoms with Gasteiger partial charge in [-0.25, -0.2) is 9.97 Å². The van der Waals surface area contributed by atoms with Gasteiger partial charge >= 0.3 is 0 Å². The number of rotatable bonds is 6. The lowest BCUT2D eigenvalue weighted by Crippen LogP contribution is -2.20. The molecule has 0 saturated carbocycles. The fourth-order valence-electron chi connectivity index (χ4n) is 1.77. The van der Waals surface area contributed by atoms with E-state index in [1.165, 1.54) is 0 Å². The first-order valence-electron chi connectivity index (χ1n) is 6.37. The molecule has 2 aromatic heterocycles. The maximum absolute atomic E-state index is 4.55. The van der Waals surface area contributed by atoms with Crippen LogP contribution >= 0.6 is 0 Å². The van der Waals surface area contributed by atoms with E-state index >= 15 is 0 Å². The first-order valence-corrected chi connectivity index (χ1v) is 6.37. The Bertz CT molecular complexity index is 500. The van der Waals surface area contributed by atoms with Crippen LogP contribution in [0.4, 0.5) is 5.82 Å². The highest BCUT2D eigenvalue weighted by Crippen LogP contribution is 2.11. The van der Waals surface area contributed by atoms with Gasteiger partial charge in [0.05, 0.1) is 12.2 Å². The van der Waals surface area contributed by atoms with Crippen molar-refractivity contribution in [3.8, 4) is 0 Å². The van der Waals surface area contributed by atoms with E-state index in [-0.39, 0.29) is 0 Å². The third-order valence-corrected chi connectivity index (χ3v) is 2.81. The van der Waals surface area contributed by atoms with E-state index in [1.54, 1.807) is 0 Å². The van der Waals surface area contributed by atoms with Gasteiger partial charge in [-0.2, -0.15) is 0 Å². The molecule has 0 aromatic carbocycles. The normalized spacial score (nSPS) is 10.4. The SMILES string of the molecule is CNCCc1nccc(N(C)Cc2ccccn2)n1. The molecule has 0 aliphatic heterocycles. The molecule has 0 bridgehead atoms. The summed E-state index contributed by atoms with van der Waals surface area (Å²) in [6, 6.07) is 7.85. The van der Waals surface area contributed by atoms with Crippen LogP contribution in [-0.4, -0.2) is 35.6 Å². The Hall–Kier alpha value is -2.01. The van der Waals surface area contributed by atoms with Crippen molar-refractivity contribution in [3.63, 3.8) is 0 Å². The zero-order chi connectivity index (χ0) is 13.5. The van der Waals surface area contributed by atoms with Crippen LogP contribution in [-0.2, 0) is 13.0 Å². The van der Waals surface area contributed by atoms with Crippen LogP contribution in [0.15, 0.2) is 36.7 Å². The van der Waals surface area contributed by atoms with Crippen LogP contribution in [0.3, 0.4) is 0 Å². The summed E-state index contributed by atoms with van der Waals surface area (Å²) in [5, 5.41) is 3.10. The van der Waals surface area contributed by atoms with Gasteiger partial charge in [-0.1, -0.05) is 6.07 Å². The van der Waals surface area contributed by atoms with E-state index < -0.39 is 0 Å². The van der Waals surface area contributed by atoms with Crippen LogP contribution < -0.4 is 10.2 Å². The molecule has 5 heteroatoms. The Morgan fingerprint density at radius 3 is 2.79 bits per heavy atom. The van der Waals surface area contributed by atoms with Gasteiger partial charge in [0.1, 0.15) is 11.6 Å². The molecule has 2 rings (SSSR count). The Labute approximate surface area is 113 Å². The molecule has 0 saturated heterocycles. The van der Waals surface area contributed by atoms with Gasteiger partial charge in [0.15, 0.2) is 0 Å². The number of hydrogen-bond donors (Lipinski definition) is 1. The maximum atomic E-state index is 4.55. The van der Waals surface area contributed by atoms with Gasteiger partial charge in [-0.05, 0) is 25.2 Å². The fourth-order valence-corrected chi connectivity index (χ4v) is 1.77. The predicted octanol–water partition coefficient (Wildman–Crippen LogP) is 1.27. The summed E-state index contributed by atoms with van der Waals surface area (Å²) in [7, 11) is 3.94. The van der Waals surface area contributed by atoms with Crippen molar-refractivity contribution in [1.29, 1.82) is 0 Å². The Morgan fingerprint density at radius 2 is 2.05 bits per heavy atom. The molecule has 19 heavy (non-hydrogen) atoms. The van der Waals surface area contributed by atoms with Crippen molar-refractivity contribution in [2.45, 2.75) is 13.0 Å². The monoisotopic (exact) mass is 257 g/mol. The second-order valence-corrected chi connectivity index (χ2v) is 4.36. The molecule has 0 spiro atoms. The minimum absolute atomic E-state index is 0.739. The second-order valence-electron chi connectivity index (χ2n) is 4.36. The number of hydrogen-bond acceptors (Lipinski definition) is 5. The van der Waals surface area contributed by atoms with Crippen molar-refractivity contribution in [2.75, 3.05) is 25.5 Å². The Kier molecular flexibility index (Phi) is 4.80. The first-order chi connectivity index (χ1) is 9.29. The summed E-state index contributed by atoms with van der Waals surface area (Å²) in [6.07, 6.45) is 4.45. The van der Waals surface area contributed by atoms with E-state index in [4.69, 9.17) is 0 Å². The third-order valence-electron chi connectivity index (χ3n) is 2.81. The molecular formula is C14H19N5. The first kappa shape index (κ1) is 13.4. The van der Waals surface area contributed by atoms with Crippen molar-refractivity contribution in [2.24, 2.45) is 0 Å². The van der Waals surface area contributed by atoms with Crippen molar-refractivity contribution in [3.05, 3.63) is 48.2 Å². The predicted molar refractivity (Wildman–Crippen MR) is 76.0 cm³/mol. The van der Waals surface area contributed by atoms with Crippen LogP contribution in [0.2, 0.25) is 0 Å². The molecule has 2 aromatic rings. The molecule has 100 valence electrons. The van der Waals surface area contributed by atoms with Crippen molar-refractivity contribution in [1.82, 2.24) is 20.3 Å². The quantitative estimate of drug-likeness (QED) is 0.844. The Balaban J connectivity index is 2.04. The maximum Gasteiger partial charge on any atom is 0.132 e. The summed E-state index contributed by atoms with van der Waals surface area (Å²) < 4.78 is 0. The number of anilines is 1. The average molecular weight is 257 g/mol. The lowest BCUT2D eigenvalue weighted by atomic mass is 10.3. The molecule has 0 atom stereocenters. The molecule has 0 fully saturated rings. The molecule has 2 heterocycles. The van der Waals surface area contributed by atoms with Crippen LogP contribution in [0.1, 0.15) is 11.5 Å². The lowest BCUT2D eigenvalue weighted by Gasteiger charge is -2.18. The zero-order valence-corrected chi connectivity index (χ0v) is 11.4. The third kappa shape index (κ3) is 3.99. The number of likely N-dealkylation sites (N-methyl/N-ethyl adjacent to an activating group) is 1. The minimum Gasteiger partial charge on any atom is -0.354 e. The van der Waals surface area contributed by atoms with Gasteiger partial charge in [0.25, 0.3) is 0 Å². The summed E-state index contributed by atoms with van der Waals surface area (Å²) in [6.45, 7) is 1.62. The number of aromatic nitrogens is 3. The Morgan fingerprint density at radius 1 is 1.16 bits per heavy atom. The molecule has 0 aliphatic rings. The second kappa shape index (κ2) is 6.80. The molecule has 0 aliphatic carbocycles. The van der Waals surface area contributed by atoms with Crippen LogP contribution in [0.25, 0.3) is 0 Å².